The molecule has 5 heteroatoms. The first-order valence-corrected chi connectivity index (χ1v) is 6.90. The second-order valence-corrected chi connectivity index (χ2v) is 5.18. The lowest BCUT2D eigenvalue weighted by Crippen LogP contribution is -2.22. The van der Waals surface area contributed by atoms with Crippen LogP contribution in [0.1, 0.15) is 28.8 Å². The molecule has 0 amide bonds. The van der Waals surface area contributed by atoms with Crippen molar-refractivity contribution >= 4 is 11.6 Å². The molecule has 2 aromatic rings. The molecule has 1 aromatic heterocycles. The predicted molar refractivity (Wildman–Crippen MR) is 80.7 cm³/mol. The van der Waals surface area contributed by atoms with Gasteiger partial charge in [-0.3, -0.25) is 5.10 Å². The standard InChI is InChI=1S/C15H19N5/c1-10-13(9-18-20-10)8-17-15(16)19-14-6-5-11-3-2-4-12(11)7-14/h5-7,9H,2-4,8H2,1H3,(H,18,20)(H3,16,17,19). The average molecular weight is 269 g/mol. The number of nitrogens with zero attached hydrogens (tertiary/aromatic N) is 2. The highest BCUT2D eigenvalue weighted by atomic mass is 15.1. The van der Waals surface area contributed by atoms with Crippen molar-refractivity contribution in [3.63, 3.8) is 0 Å². The summed E-state index contributed by atoms with van der Waals surface area (Å²) in [6, 6.07) is 6.42. The number of hydrogen-bond acceptors (Lipinski definition) is 2. The summed E-state index contributed by atoms with van der Waals surface area (Å²) in [5, 5.41) is 10.0. The van der Waals surface area contributed by atoms with Gasteiger partial charge in [0.1, 0.15) is 0 Å². The van der Waals surface area contributed by atoms with Gasteiger partial charge in [0.25, 0.3) is 0 Å². The molecule has 20 heavy (non-hydrogen) atoms. The summed E-state index contributed by atoms with van der Waals surface area (Å²) in [7, 11) is 0. The van der Waals surface area contributed by atoms with E-state index in [2.05, 4.69) is 38.7 Å². The van der Waals surface area contributed by atoms with Crippen molar-refractivity contribution in [1.29, 1.82) is 0 Å². The SMILES string of the molecule is Cc1[nH]ncc1CN=C(N)Nc1ccc2c(c1)CCC2. The number of hydrogen-bond donors (Lipinski definition) is 3. The number of aromatic nitrogens is 2. The van der Waals surface area contributed by atoms with Gasteiger partial charge in [0.2, 0.25) is 0 Å². The number of aromatic amines is 1. The molecule has 1 aliphatic rings. The van der Waals surface area contributed by atoms with Gasteiger partial charge in [-0.25, -0.2) is 4.99 Å². The van der Waals surface area contributed by atoms with Crippen LogP contribution < -0.4 is 11.1 Å². The van der Waals surface area contributed by atoms with Gasteiger partial charge in [-0.1, -0.05) is 6.07 Å². The van der Waals surface area contributed by atoms with E-state index >= 15 is 0 Å². The lowest BCUT2D eigenvalue weighted by molar-refractivity contribution is 0.912. The summed E-state index contributed by atoms with van der Waals surface area (Å²) in [6.07, 6.45) is 5.39. The molecule has 0 radical (unpaired) electrons. The first kappa shape index (κ1) is 12.7. The molecule has 0 fully saturated rings. The number of fused-ring (bicyclic) bond motifs is 1. The third-order valence-corrected chi connectivity index (χ3v) is 3.72. The number of aryl methyl sites for hydroxylation is 3. The summed E-state index contributed by atoms with van der Waals surface area (Å²) in [5.41, 5.74) is 11.9. The van der Waals surface area contributed by atoms with E-state index in [4.69, 9.17) is 5.73 Å². The van der Waals surface area contributed by atoms with Gasteiger partial charge in [0.15, 0.2) is 5.96 Å². The number of aliphatic imine (C=N–C) groups is 1. The van der Waals surface area contributed by atoms with Crippen LogP contribution in [0.2, 0.25) is 0 Å². The number of nitrogens with two attached hydrogens (primary N) is 1. The Morgan fingerprint density at radius 1 is 1.40 bits per heavy atom. The van der Waals surface area contributed by atoms with Crippen molar-refractivity contribution in [2.75, 3.05) is 5.32 Å². The first-order valence-electron chi connectivity index (χ1n) is 6.90. The Labute approximate surface area is 118 Å². The van der Waals surface area contributed by atoms with Gasteiger partial charge >= 0.3 is 0 Å². The van der Waals surface area contributed by atoms with Crippen molar-refractivity contribution in [3.05, 3.63) is 46.8 Å². The molecule has 104 valence electrons. The third-order valence-electron chi connectivity index (χ3n) is 3.72. The van der Waals surface area contributed by atoms with Gasteiger partial charge in [-0.2, -0.15) is 5.10 Å². The molecule has 0 saturated carbocycles. The van der Waals surface area contributed by atoms with Crippen LogP contribution in [0.4, 0.5) is 5.69 Å². The van der Waals surface area contributed by atoms with E-state index in [1.165, 1.54) is 24.0 Å². The molecule has 0 saturated heterocycles. The van der Waals surface area contributed by atoms with E-state index in [1.54, 1.807) is 6.20 Å². The molecule has 0 spiro atoms. The summed E-state index contributed by atoms with van der Waals surface area (Å²) in [4.78, 5) is 4.34. The van der Waals surface area contributed by atoms with Crippen LogP contribution in [0.5, 0.6) is 0 Å². The van der Waals surface area contributed by atoms with Gasteiger partial charge in [-0.15, -0.1) is 0 Å². The molecule has 0 bridgehead atoms. The van der Waals surface area contributed by atoms with E-state index in [0.717, 1.165) is 23.4 Å². The van der Waals surface area contributed by atoms with Crippen molar-refractivity contribution in [2.45, 2.75) is 32.7 Å². The number of rotatable bonds is 3. The minimum Gasteiger partial charge on any atom is -0.370 e. The van der Waals surface area contributed by atoms with Gasteiger partial charge in [0, 0.05) is 16.9 Å². The summed E-state index contributed by atoms with van der Waals surface area (Å²) in [5.74, 6) is 0.434. The highest BCUT2D eigenvalue weighted by Crippen LogP contribution is 2.24. The van der Waals surface area contributed by atoms with Crippen LogP contribution >= 0.6 is 0 Å². The second-order valence-electron chi connectivity index (χ2n) is 5.18. The van der Waals surface area contributed by atoms with Crippen molar-refractivity contribution in [3.8, 4) is 0 Å². The maximum Gasteiger partial charge on any atom is 0.193 e. The maximum atomic E-state index is 5.93. The minimum atomic E-state index is 0.434. The molecule has 5 nitrogen and oxygen atoms in total. The lowest BCUT2D eigenvalue weighted by Gasteiger charge is -2.07. The number of benzene rings is 1. The Morgan fingerprint density at radius 3 is 3.05 bits per heavy atom. The summed E-state index contributed by atoms with van der Waals surface area (Å²) < 4.78 is 0. The van der Waals surface area contributed by atoms with Crippen molar-refractivity contribution < 1.29 is 0 Å². The van der Waals surface area contributed by atoms with E-state index in [1.807, 2.05) is 6.92 Å². The average Bonchev–Trinajstić information content (AvgIpc) is 3.04. The molecule has 1 aromatic carbocycles. The van der Waals surface area contributed by atoms with E-state index in [9.17, 15) is 0 Å². The van der Waals surface area contributed by atoms with E-state index in [-0.39, 0.29) is 0 Å². The third kappa shape index (κ3) is 2.66. The molecule has 3 rings (SSSR count). The normalized spacial score (nSPS) is 14.3. The molecule has 0 unspecified atom stereocenters. The molecular weight excluding hydrogens is 250 g/mol. The predicted octanol–water partition coefficient (Wildman–Crippen LogP) is 2.13. The number of guanidine groups is 1. The van der Waals surface area contributed by atoms with Crippen LogP contribution in [0, 0.1) is 6.92 Å². The highest BCUT2D eigenvalue weighted by molar-refractivity contribution is 5.92. The minimum absolute atomic E-state index is 0.434. The number of H-pyrrole nitrogens is 1. The first-order chi connectivity index (χ1) is 9.72. The summed E-state index contributed by atoms with van der Waals surface area (Å²) >= 11 is 0. The molecule has 4 N–H and O–H groups in total. The van der Waals surface area contributed by atoms with Crippen LogP contribution in [0.25, 0.3) is 0 Å². The molecule has 1 heterocycles. The van der Waals surface area contributed by atoms with Gasteiger partial charge < -0.3 is 11.1 Å². The van der Waals surface area contributed by atoms with E-state index < -0.39 is 0 Å². The molecule has 0 atom stereocenters. The highest BCUT2D eigenvalue weighted by Gasteiger charge is 2.10. The second kappa shape index (κ2) is 5.36. The smallest absolute Gasteiger partial charge is 0.193 e. The van der Waals surface area contributed by atoms with Crippen molar-refractivity contribution in [1.82, 2.24) is 10.2 Å². The van der Waals surface area contributed by atoms with Crippen molar-refractivity contribution in [2.24, 2.45) is 10.7 Å². The Hall–Kier alpha value is -2.30. The van der Waals surface area contributed by atoms with Gasteiger partial charge in [0.05, 0.1) is 12.7 Å². The zero-order valence-electron chi connectivity index (χ0n) is 11.6. The zero-order valence-corrected chi connectivity index (χ0v) is 11.6. The Morgan fingerprint density at radius 2 is 2.25 bits per heavy atom. The number of nitrogens with one attached hydrogen (secondary N) is 2. The lowest BCUT2D eigenvalue weighted by atomic mass is 10.1. The van der Waals surface area contributed by atoms with E-state index in [0.29, 0.717) is 12.5 Å². The molecular formula is C15H19N5. The molecule has 1 aliphatic carbocycles. The fourth-order valence-corrected chi connectivity index (χ4v) is 2.54. The monoisotopic (exact) mass is 269 g/mol. The maximum absolute atomic E-state index is 5.93. The fraction of sp³-hybridized carbons (Fsp3) is 0.333. The number of anilines is 1. The van der Waals surface area contributed by atoms with Crippen LogP contribution in [0.15, 0.2) is 29.4 Å². The van der Waals surface area contributed by atoms with Crippen LogP contribution in [-0.4, -0.2) is 16.2 Å². The van der Waals surface area contributed by atoms with Gasteiger partial charge in [-0.05, 0) is 49.4 Å². The molecule has 0 aliphatic heterocycles. The Kier molecular flexibility index (Phi) is 3.41. The summed E-state index contributed by atoms with van der Waals surface area (Å²) in [6.45, 7) is 2.51. The largest absolute Gasteiger partial charge is 0.370 e. The zero-order chi connectivity index (χ0) is 13.9. The fourth-order valence-electron chi connectivity index (χ4n) is 2.54. The van der Waals surface area contributed by atoms with Crippen LogP contribution in [-0.2, 0) is 19.4 Å². The van der Waals surface area contributed by atoms with Crippen LogP contribution in [0.3, 0.4) is 0 Å². The quantitative estimate of drug-likeness (QED) is 0.590. The topological polar surface area (TPSA) is 79.1 Å². The Bertz CT molecular complexity index is 641. The Balaban J connectivity index is 1.66.